The second-order valence-electron chi connectivity index (χ2n) is 10.2. The van der Waals surface area contributed by atoms with Gasteiger partial charge < -0.3 is 20.1 Å². The maximum atomic E-state index is 14.5. The Kier molecular flexibility index (Phi) is 17.9. The molecular weight excluding hydrogens is 985 g/mol. The summed E-state index contributed by atoms with van der Waals surface area (Å²) < 4.78 is 68.2. The zero-order valence-corrected chi connectivity index (χ0v) is 33.9. The predicted octanol–water partition coefficient (Wildman–Crippen LogP) is 9.72. The van der Waals surface area contributed by atoms with Crippen LogP contribution in [0.3, 0.4) is 0 Å². The van der Waals surface area contributed by atoms with Crippen molar-refractivity contribution in [3.63, 3.8) is 0 Å². The van der Waals surface area contributed by atoms with Crippen LogP contribution in [0, 0.1) is 37.3 Å². The lowest BCUT2D eigenvalue weighted by Crippen LogP contribution is -2.26. The topological polar surface area (TPSA) is 110 Å². The molecule has 2 amide bonds. The normalized spacial score (nSPS) is 10.7. The minimum absolute atomic E-state index is 0.00112. The van der Waals surface area contributed by atoms with Crippen LogP contribution < -0.4 is 16.1 Å². The van der Waals surface area contributed by atoms with Gasteiger partial charge in [-0.05, 0) is 112 Å². The lowest BCUT2D eigenvalue weighted by molar-refractivity contribution is -0.0738. The smallest absolute Gasteiger partial charge is 0.295 e. The van der Waals surface area contributed by atoms with Crippen molar-refractivity contribution in [3.8, 4) is 0 Å². The van der Waals surface area contributed by atoms with Crippen molar-refractivity contribution in [2.45, 2.75) is 6.92 Å². The summed E-state index contributed by atoms with van der Waals surface area (Å²) >= 11 is 21.7. The third kappa shape index (κ3) is 12.2. The monoisotopic (exact) mass is 1010 g/mol. The molecule has 0 aliphatic rings. The minimum Gasteiger partial charge on any atom is -0.382 e. The van der Waals surface area contributed by atoms with E-state index in [1.54, 1.807) is 30.3 Å². The number of aryl methyl sites for hydroxylation is 1. The number of carbonyl (C=O) groups excluding carboxylic acids is 2. The number of hydrogen-bond acceptors (Lipinski definition) is 8. The van der Waals surface area contributed by atoms with E-state index in [-0.39, 0.29) is 48.3 Å². The van der Waals surface area contributed by atoms with Gasteiger partial charge >= 0.3 is 0 Å². The lowest BCUT2D eigenvalue weighted by Gasteiger charge is -2.17. The van der Waals surface area contributed by atoms with Crippen LogP contribution in [0.2, 0.25) is 10.0 Å². The number of nitrogens with zero attached hydrogens (tertiary/aromatic N) is 1. The van der Waals surface area contributed by atoms with Gasteiger partial charge in [-0.15, -0.1) is 4.58 Å². The highest BCUT2D eigenvalue weighted by Crippen LogP contribution is 2.34. The van der Waals surface area contributed by atoms with Crippen LogP contribution in [0.5, 0.6) is 0 Å². The van der Waals surface area contributed by atoms with Gasteiger partial charge in [-0.2, -0.15) is 0 Å². The van der Waals surface area contributed by atoms with Crippen LogP contribution in [0.15, 0.2) is 54.6 Å². The maximum absolute atomic E-state index is 14.5. The van der Waals surface area contributed by atoms with Crippen LogP contribution >= 0.6 is 80.2 Å². The van der Waals surface area contributed by atoms with Gasteiger partial charge in [0, 0.05) is 38.8 Å². The molecule has 280 valence electrons. The van der Waals surface area contributed by atoms with Crippen molar-refractivity contribution < 1.29 is 46.3 Å². The first-order valence-electron chi connectivity index (χ1n) is 14.6. The largest absolute Gasteiger partial charge is 0.382 e. The Labute approximate surface area is 338 Å². The molecule has 4 aromatic carbocycles. The third-order valence-electron chi connectivity index (χ3n) is 6.58. The molecule has 0 radical (unpaired) electrons. The number of methoxy groups -OCH3 is 2. The minimum atomic E-state index is -1.25. The van der Waals surface area contributed by atoms with E-state index in [2.05, 4.69) is 61.3 Å². The molecule has 0 saturated heterocycles. The molecule has 10 nitrogen and oxygen atoms in total. The molecule has 0 fully saturated rings. The standard InChI is InChI=1S/C17H16ClF2IN2O3.C16H13Cl2F2IN2O3/c1-9-7-10(21)3-4-13(9)22-16-11(8-12(18)14(19)15(16)20)17(24)23-26-6-5-25-2;1-25-6-7-26-23(18)16(24)10-3-4-12(19)14(20)15(10)22-13-5-2-9(21)8-11(13)17/h3-4,7-8,22H,5-6H2,1-2H3,(H,23,24);2-5,8,22H,6-7H2,1H3. The van der Waals surface area contributed by atoms with Gasteiger partial charge in [0.05, 0.1) is 64.7 Å². The Balaban J connectivity index is 0.000000280. The third-order valence-corrected chi connectivity index (χ3v) is 8.76. The zero-order valence-electron chi connectivity index (χ0n) is 27.3. The van der Waals surface area contributed by atoms with Gasteiger partial charge in [0.1, 0.15) is 0 Å². The maximum Gasteiger partial charge on any atom is 0.295 e. The quantitative estimate of drug-likeness (QED) is 0.0286. The summed E-state index contributed by atoms with van der Waals surface area (Å²) in [4.78, 5) is 34.6. The number of carbonyl (C=O) groups is 2. The molecule has 19 heteroatoms. The first-order valence-corrected chi connectivity index (χ1v) is 17.9. The second-order valence-corrected chi connectivity index (χ2v) is 13.8. The van der Waals surface area contributed by atoms with Crippen LogP contribution in [0.1, 0.15) is 26.3 Å². The Bertz CT molecular complexity index is 1900. The van der Waals surface area contributed by atoms with E-state index in [9.17, 15) is 27.2 Å². The Hall–Kier alpha value is -2.69. The van der Waals surface area contributed by atoms with E-state index in [4.69, 9.17) is 54.1 Å². The fourth-order valence-corrected chi connectivity index (χ4v) is 5.93. The van der Waals surface area contributed by atoms with Crippen molar-refractivity contribution in [1.29, 1.82) is 0 Å². The van der Waals surface area contributed by atoms with Gasteiger partial charge in [-0.25, -0.2) is 23.0 Å². The van der Waals surface area contributed by atoms with Gasteiger partial charge in [0.25, 0.3) is 11.8 Å². The van der Waals surface area contributed by atoms with Crippen molar-refractivity contribution in [2.75, 3.05) is 51.3 Å². The highest BCUT2D eigenvalue weighted by Gasteiger charge is 2.25. The molecule has 0 aromatic heterocycles. The van der Waals surface area contributed by atoms with Crippen LogP contribution in [-0.4, -0.2) is 57.0 Å². The zero-order chi connectivity index (χ0) is 38.5. The number of hydroxylamine groups is 2. The molecule has 4 aromatic rings. The van der Waals surface area contributed by atoms with Crippen molar-refractivity contribution in [1.82, 2.24) is 10.1 Å². The first kappa shape index (κ1) is 43.7. The van der Waals surface area contributed by atoms with Crippen LogP contribution in [-0.2, 0) is 19.1 Å². The lowest BCUT2D eigenvalue weighted by atomic mass is 10.1. The van der Waals surface area contributed by atoms with Crippen molar-refractivity contribution in [2.24, 2.45) is 0 Å². The molecule has 52 heavy (non-hydrogen) atoms. The van der Waals surface area contributed by atoms with Gasteiger partial charge in [0.2, 0.25) is 0 Å². The van der Waals surface area contributed by atoms with Gasteiger partial charge in [-0.3, -0.25) is 19.3 Å². The predicted molar refractivity (Wildman–Crippen MR) is 208 cm³/mol. The highest BCUT2D eigenvalue weighted by molar-refractivity contribution is 14.1. The molecule has 0 bridgehead atoms. The number of halogens is 9. The molecule has 0 atom stereocenters. The Morgan fingerprint density at radius 2 is 1.33 bits per heavy atom. The van der Waals surface area contributed by atoms with E-state index in [1.165, 1.54) is 14.2 Å². The van der Waals surface area contributed by atoms with Crippen molar-refractivity contribution >= 4 is 115 Å². The van der Waals surface area contributed by atoms with Gasteiger partial charge in [0.15, 0.2) is 23.3 Å². The van der Waals surface area contributed by atoms with E-state index in [0.29, 0.717) is 16.0 Å². The van der Waals surface area contributed by atoms with Crippen LogP contribution in [0.25, 0.3) is 0 Å². The summed E-state index contributed by atoms with van der Waals surface area (Å²) in [7, 11) is 2.93. The van der Waals surface area contributed by atoms with E-state index < -0.39 is 45.8 Å². The summed E-state index contributed by atoms with van der Waals surface area (Å²) in [6.45, 7) is 2.35. The second kappa shape index (κ2) is 21.3. The first-order chi connectivity index (χ1) is 24.7. The molecule has 0 spiro atoms. The van der Waals surface area contributed by atoms with Crippen LogP contribution in [0.4, 0.5) is 40.3 Å². The van der Waals surface area contributed by atoms with E-state index in [1.807, 2.05) is 13.0 Å². The Morgan fingerprint density at radius 1 is 0.731 bits per heavy atom. The Morgan fingerprint density at radius 3 is 1.96 bits per heavy atom. The summed E-state index contributed by atoms with van der Waals surface area (Å²) in [6, 6.07) is 13.3. The molecule has 0 unspecified atom stereocenters. The molecule has 0 aliphatic carbocycles. The fourth-order valence-electron chi connectivity index (χ4n) is 4.03. The highest BCUT2D eigenvalue weighted by atomic mass is 127. The number of nitrogens with one attached hydrogen (secondary N) is 3. The average molecular weight is 1010 g/mol. The van der Waals surface area contributed by atoms with E-state index in [0.717, 1.165) is 30.9 Å². The molecule has 0 aliphatic heterocycles. The number of ether oxygens (including phenoxy) is 2. The summed E-state index contributed by atoms with van der Waals surface area (Å²) in [5.41, 5.74) is 2.62. The molecule has 4 rings (SSSR count). The summed E-state index contributed by atoms with van der Waals surface area (Å²) in [5.74, 6) is -6.52. The molecule has 3 N–H and O–H groups in total. The molecule has 0 heterocycles. The van der Waals surface area contributed by atoms with E-state index >= 15 is 0 Å². The summed E-state index contributed by atoms with van der Waals surface area (Å²) in [6.07, 6.45) is 0. The number of benzene rings is 4. The number of anilines is 4. The summed E-state index contributed by atoms with van der Waals surface area (Å²) in [5, 5.41) is 5.18. The average Bonchev–Trinajstić information content (AvgIpc) is 3.10. The molecule has 0 saturated carbocycles. The van der Waals surface area contributed by atoms with Gasteiger partial charge in [-0.1, -0.05) is 23.2 Å². The molecular formula is C33H29Cl3F4I2N4O6. The SMILES string of the molecule is COCCON(Cl)C(=O)c1ccc(F)c(F)c1Nc1ccc(I)cc1Cl.COCCONC(=O)c1cc(Cl)c(F)c(F)c1Nc1ccc(I)cc1C. The number of rotatable bonds is 14. The number of hydrogen-bond donors (Lipinski definition) is 3. The fraction of sp³-hybridized carbons (Fsp3) is 0.212. The van der Waals surface area contributed by atoms with Crippen molar-refractivity contribution in [3.05, 3.63) is 112 Å². The number of amides is 2.